The van der Waals surface area contributed by atoms with Crippen molar-refractivity contribution in [3.05, 3.63) is 28.2 Å². The molecule has 1 aliphatic rings. The molecule has 1 saturated heterocycles. The first-order valence-corrected chi connectivity index (χ1v) is 8.20. The molecule has 1 fully saturated rings. The van der Waals surface area contributed by atoms with Gasteiger partial charge in [-0.2, -0.15) is 11.8 Å². The summed E-state index contributed by atoms with van der Waals surface area (Å²) >= 11 is 13.4. The van der Waals surface area contributed by atoms with E-state index < -0.39 is 5.97 Å². The zero-order chi connectivity index (χ0) is 15.4. The Labute approximate surface area is 136 Å². The van der Waals surface area contributed by atoms with Gasteiger partial charge in [0.1, 0.15) is 0 Å². The van der Waals surface area contributed by atoms with Crippen LogP contribution < -0.4 is 5.32 Å². The minimum absolute atomic E-state index is 0.0538. The van der Waals surface area contributed by atoms with Gasteiger partial charge in [0.2, 0.25) is 0 Å². The molecule has 0 bridgehead atoms. The van der Waals surface area contributed by atoms with Crippen molar-refractivity contribution < 1.29 is 14.7 Å². The third-order valence-corrected chi connectivity index (χ3v) is 4.90. The Morgan fingerprint density at radius 3 is 2.81 bits per heavy atom. The predicted molar refractivity (Wildman–Crippen MR) is 85.6 cm³/mol. The number of carboxylic acids is 1. The molecule has 2 N–H and O–H groups in total. The fourth-order valence-electron chi connectivity index (χ4n) is 2.06. The van der Waals surface area contributed by atoms with E-state index in [0.29, 0.717) is 28.0 Å². The van der Waals surface area contributed by atoms with E-state index in [9.17, 15) is 9.59 Å². The van der Waals surface area contributed by atoms with Crippen LogP contribution in [0.3, 0.4) is 0 Å². The predicted octanol–water partition coefficient (Wildman–Crippen LogP) is 3.42. The first-order valence-electron chi connectivity index (χ1n) is 6.29. The number of carboxylic acid groups (broad SMARTS) is 1. The number of aliphatic carboxylic acids is 1. The lowest BCUT2D eigenvalue weighted by atomic mass is 10.2. The highest BCUT2D eigenvalue weighted by atomic mass is 35.5. The summed E-state index contributed by atoms with van der Waals surface area (Å²) in [7, 11) is 0. The molecule has 1 aromatic carbocycles. The molecule has 2 amide bonds. The van der Waals surface area contributed by atoms with Crippen LogP contribution >= 0.6 is 35.0 Å². The maximum absolute atomic E-state index is 12.3. The van der Waals surface area contributed by atoms with Gasteiger partial charge in [0.05, 0.1) is 22.5 Å². The molecular formula is C13H14Cl2N2O3S. The second-order valence-corrected chi connectivity index (χ2v) is 6.54. The summed E-state index contributed by atoms with van der Waals surface area (Å²) in [5.74, 6) is 0.515. The lowest BCUT2D eigenvalue weighted by Crippen LogP contribution is -2.48. The Kier molecular flexibility index (Phi) is 5.61. The van der Waals surface area contributed by atoms with Crippen LogP contribution in [0.5, 0.6) is 0 Å². The van der Waals surface area contributed by atoms with Crippen molar-refractivity contribution in [2.75, 3.05) is 23.4 Å². The van der Waals surface area contributed by atoms with E-state index in [0.717, 1.165) is 5.75 Å². The smallest absolute Gasteiger partial charge is 0.322 e. The van der Waals surface area contributed by atoms with Crippen molar-refractivity contribution in [1.29, 1.82) is 0 Å². The first-order chi connectivity index (χ1) is 9.97. The number of nitrogens with one attached hydrogen (secondary N) is 1. The zero-order valence-corrected chi connectivity index (χ0v) is 13.3. The highest BCUT2D eigenvalue weighted by molar-refractivity contribution is 7.99. The molecule has 8 heteroatoms. The van der Waals surface area contributed by atoms with E-state index in [2.05, 4.69) is 5.32 Å². The summed E-state index contributed by atoms with van der Waals surface area (Å²) in [6.07, 6.45) is -0.0538. The third-order valence-electron chi connectivity index (χ3n) is 3.07. The molecule has 2 rings (SSSR count). The Bertz CT molecular complexity index is 556. The topological polar surface area (TPSA) is 69.6 Å². The lowest BCUT2D eigenvalue weighted by Gasteiger charge is -2.34. The minimum Gasteiger partial charge on any atom is -0.481 e. The Morgan fingerprint density at radius 2 is 2.14 bits per heavy atom. The van der Waals surface area contributed by atoms with Gasteiger partial charge in [0.25, 0.3) is 0 Å². The van der Waals surface area contributed by atoms with Crippen LogP contribution in [0.25, 0.3) is 0 Å². The number of thioether (sulfide) groups is 1. The third kappa shape index (κ3) is 4.43. The molecule has 0 aromatic heterocycles. The molecule has 0 saturated carbocycles. The van der Waals surface area contributed by atoms with Crippen LogP contribution in [0.2, 0.25) is 10.0 Å². The number of carbonyl (C=O) groups excluding carboxylic acids is 1. The molecule has 0 radical (unpaired) electrons. The number of rotatable bonds is 3. The van der Waals surface area contributed by atoms with Gasteiger partial charge < -0.3 is 15.3 Å². The number of urea groups is 1. The largest absolute Gasteiger partial charge is 0.481 e. The highest BCUT2D eigenvalue weighted by Gasteiger charge is 2.28. The summed E-state index contributed by atoms with van der Waals surface area (Å²) < 4.78 is 0. The molecule has 114 valence electrons. The number of nitrogens with zero attached hydrogens (tertiary/aromatic N) is 1. The summed E-state index contributed by atoms with van der Waals surface area (Å²) in [6.45, 7) is 0.524. The number of carbonyl (C=O) groups is 2. The van der Waals surface area contributed by atoms with E-state index in [1.807, 2.05) is 0 Å². The average Bonchev–Trinajstić information content (AvgIpc) is 2.43. The van der Waals surface area contributed by atoms with Gasteiger partial charge in [0.15, 0.2) is 0 Å². The number of halogens is 2. The van der Waals surface area contributed by atoms with Gasteiger partial charge in [-0.3, -0.25) is 4.79 Å². The summed E-state index contributed by atoms with van der Waals surface area (Å²) in [5.41, 5.74) is 0.529. The first kappa shape index (κ1) is 16.3. The molecule has 1 heterocycles. The van der Waals surface area contributed by atoms with Crippen LogP contribution in [-0.4, -0.2) is 46.1 Å². The molecule has 21 heavy (non-hydrogen) atoms. The van der Waals surface area contributed by atoms with Crippen molar-refractivity contribution in [3.63, 3.8) is 0 Å². The second-order valence-electron chi connectivity index (χ2n) is 4.58. The van der Waals surface area contributed by atoms with Gasteiger partial charge in [-0.05, 0) is 18.2 Å². The molecule has 1 aromatic rings. The Balaban J connectivity index is 2.06. The van der Waals surface area contributed by atoms with Crippen molar-refractivity contribution in [2.24, 2.45) is 0 Å². The van der Waals surface area contributed by atoms with E-state index in [1.54, 1.807) is 34.9 Å². The number of hydrogen-bond acceptors (Lipinski definition) is 3. The zero-order valence-electron chi connectivity index (χ0n) is 11.0. The van der Waals surface area contributed by atoms with Gasteiger partial charge in [-0.1, -0.05) is 23.2 Å². The van der Waals surface area contributed by atoms with Crippen molar-refractivity contribution >= 4 is 52.7 Å². The monoisotopic (exact) mass is 348 g/mol. The molecule has 1 aliphatic heterocycles. The normalized spacial score (nSPS) is 18.4. The van der Waals surface area contributed by atoms with Crippen molar-refractivity contribution in [3.8, 4) is 0 Å². The van der Waals surface area contributed by atoms with E-state index in [-0.39, 0.29) is 18.5 Å². The van der Waals surface area contributed by atoms with E-state index >= 15 is 0 Å². The highest BCUT2D eigenvalue weighted by Crippen LogP contribution is 2.26. The molecule has 1 atom stereocenters. The number of hydrogen-bond donors (Lipinski definition) is 2. The fourth-order valence-corrected chi connectivity index (χ4v) is 3.42. The SMILES string of the molecule is O=C(O)CC1CSCCN1C(=O)Nc1ccc(Cl)c(Cl)c1. The quantitative estimate of drug-likeness (QED) is 0.877. The van der Waals surface area contributed by atoms with Crippen molar-refractivity contribution in [2.45, 2.75) is 12.5 Å². The van der Waals surface area contributed by atoms with Crippen LogP contribution in [0.4, 0.5) is 10.5 Å². The number of benzene rings is 1. The van der Waals surface area contributed by atoms with Crippen LogP contribution in [0.15, 0.2) is 18.2 Å². The van der Waals surface area contributed by atoms with Gasteiger partial charge in [-0.15, -0.1) is 0 Å². The van der Waals surface area contributed by atoms with Gasteiger partial charge in [-0.25, -0.2) is 4.79 Å². The van der Waals surface area contributed by atoms with Crippen LogP contribution in [0.1, 0.15) is 6.42 Å². The minimum atomic E-state index is -0.908. The molecule has 0 spiro atoms. The Hall–Kier alpha value is -1.11. The fraction of sp³-hybridized carbons (Fsp3) is 0.385. The van der Waals surface area contributed by atoms with E-state index in [1.165, 1.54) is 0 Å². The standard InChI is InChI=1S/C13H14Cl2N2O3S/c14-10-2-1-8(5-11(10)15)16-13(20)17-3-4-21-7-9(17)6-12(18)19/h1-2,5,9H,3-4,6-7H2,(H,16,20)(H,18,19). The molecular weight excluding hydrogens is 335 g/mol. The summed E-state index contributed by atoms with van der Waals surface area (Å²) in [5, 5.41) is 12.4. The van der Waals surface area contributed by atoms with Crippen LogP contribution in [-0.2, 0) is 4.79 Å². The maximum atomic E-state index is 12.3. The van der Waals surface area contributed by atoms with Gasteiger partial charge in [0, 0.05) is 23.7 Å². The van der Waals surface area contributed by atoms with Crippen LogP contribution in [0, 0.1) is 0 Å². The maximum Gasteiger partial charge on any atom is 0.322 e. The summed E-state index contributed by atoms with van der Waals surface area (Å²) in [6, 6.07) is 4.19. The second kappa shape index (κ2) is 7.24. The lowest BCUT2D eigenvalue weighted by molar-refractivity contribution is -0.137. The average molecular weight is 349 g/mol. The molecule has 1 unspecified atom stereocenters. The summed E-state index contributed by atoms with van der Waals surface area (Å²) in [4.78, 5) is 24.7. The molecule has 5 nitrogen and oxygen atoms in total. The van der Waals surface area contributed by atoms with Gasteiger partial charge >= 0.3 is 12.0 Å². The molecule has 0 aliphatic carbocycles. The van der Waals surface area contributed by atoms with E-state index in [4.69, 9.17) is 28.3 Å². The Morgan fingerprint density at radius 1 is 1.38 bits per heavy atom. The number of amides is 2. The van der Waals surface area contributed by atoms with Crippen molar-refractivity contribution in [1.82, 2.24) is 4.90 Å². The number of anilines is 1.